The van der Waals surface area contributed by atoms with E-state index < -0.39 is 5.97 Å². The van der Waals surface area contributed by atoms with Crippen molar-refractivity contribution in [3.05, 3.63) is 88.9 Å². The zero-order chi connectivity index (χ0) is 26.7. The Hall–Kier alpha value is -4.30. The number of para-hydroxylation sites is 2. The molecular weight excluding hydrogens is 498 g/mol. The van der Waals surface area contributed by atoms with Gasteiger partial charge in [-0.1, -0.05) is 24.3 Å². The van der Waals surface area contributed by atoms with Gasteiger partial charge < -0.3 is 24.8 Å². The van der Waals surface area contributed by atoms with Crippen LogP contribution in [0.25, 0.3) is 16.7 Å². The lowest BCUT2D eigenvalue weighted by atomic mass is 9.88. The standard InChI is InChI=1S/C30H29N3O4S/c1-30(2)15-20(16-31-25-7-5-6-8-27(25)35-3)23-13-19(9-12-24(23)33-30)22-11-10-21(14-28(22)36-4)37-29(34)26-17-38-18-32-26/h5-15,17-18,31,33H,16H2,1-4H3. The minimum absolute atomic E-state index is 0.202. The van der Waals surface area contributed by atoms with E-state index in [2.05, 4.69) is 53.7 Å². The fourth-order valence-corrected chi connectivity index (χ4v) is 5.08. The summed E-state index contributed by atoms with van der Waals surface area (Å²) in [4.78, 5) is 16.3. The van der Waals surface area contributed by atoms with Crippen LogP contribution in [0.3, 0.4) is 0 Å². The molecule has 4 aromatic rings. The summed E-state index contributed by atoms with van der Waals surface area (Å²) in [5.41, 5.74) is 7.83. The molecule has 5 rings (SSSR count). The summed E-state index contributed by atoms with van der Waals surface area (Å²) < 4.78 is 16.7. The molecule has 0 saturated carbocycles. The van der Waals surface area contributed by atoms with Gasteiger partial charge in [-0.2, -0.15) is 0 Å². The number of nitrogens with one attached hydrogen (secondary N) is 2. The number of anilines is 2. The number of rotatable bonds is 8. The molecule has 38 heavy (non-hydrogen) atoms. The van der Waals surface area contributed by atoms with E-state index in [-0.39, 0.29) is 11.2 Å². The predicted octanol–water partition coefficient (Wildman–Crippen LogP) is 6.75. The summed E-state index contributed by atoms with van der Waals surface area (Å²) in [6.07, 6.45) is 2.25. The van der Waals surface area contributed by atoms with Crippen molar-refractivity contribution in [2.45, 2.75) is 19.4 Å². The molecule has 2 N–H and O–H groups in total. The highest BCUT2D eigenvalue weighted by Crippen LogP contribution is 2.40. The molecule has 3 aromatic carbocycles. The average molecular weight is 528 g/mol. The molecule has 0 atom stereocenters. The number of aromatic nitrogens is 1. The van der Waals surface area contributed by atoms with Crippen LogP contribution in [0.4, 0.5) is 11.4 Å². The van der Waals surface area contributed by atoms with Crippen molar-refractivity contribution in [3.8, 4) is 28.4 Å². The van der Waals surface area contributed by atoms with Gasteiger partial charge >= 0.3 is 5.97 Å². The first-order valence-electron chi connectivity index (χ1n) is 12.2. The van der Waals surface area contributed by atoms with Crippen molar-refractivity contribution in [1.29, 1.82) is 0 Å². The minimum atomic E-state index is -0.499. The Balaban J connectivity index is 1.44. The van der Waals surface area contributed by atoms with Gasteiger partial charge in [0, 0.05) is 34.8 Å². The molecule has 1 aromatic heterocycles. The summed E-state index contributed by atoms with van der Waals surface area (Å²) in [7, 11) is 3.28. The lowest BCUT2D eigenvalue weighted by Crippen LogP contribution is -2.32. The number of thiazole rings is 1. The first-order valence-corrected chi connectivity index (χ1v) is 13.1. The van der Waals surface area contributed by atoms with Crippen LogP contribution in [0.15, 0.2) is 77.6 Å². The molecular formula is C30H29N3O4S. The van der Waals surface area contributed by atoms with E-state index in [4.69, 9.17) is 14.2 Å². The van der Waals surface area contributed by atoms with Gasteiger partial charge in [-0.3, -0.25) is 0 Å². The summed E-state index contributed by atoms with van der Waals surface area (Å²) in [6, 6.07) is 19.6. The normalized spacial score (nSPS) is 13.5. The molecule has 0 aliphatic carbocycles. The van der Waals surface area contributed by atoms with Crippen LogP contribution in [0.1, 0.15) is 29.9 Å². The first-order chi connectivity index (χ1) is 18.4. The van der Waals surface area contributed by atoms with E-state index in [0.717, 1.165) is 33.8 Å². The van der Waals surface area contributed by atoms with Crippen LogP contribution < -0.4 is 24.8 Å². The van der Waals surface area contributed by atoms with E-state index in [0.29, 0.717) is 18.0 Å². The number of carbonyl (C=O) groups is 1. The van der Waals surface area contributed by atoms with Gasteiger partial charge in [-0.15, -0.1) is 11.3 Å². The number of hydrogen-bond donors (Lipinski definition) is 2. The molecule has 8 heteroatoms. The maximum absolute atomic E-state index is 12.3. The van der Waals surface area contributed by atoms with Crippen LogP contribution >= 0.6 is 11.3 Å². The Morgan fingerprint density at radius 2 is 1.82 bits per heavy atom. The van der Waals surface area contributed by atoms with Crippen molar-refractivity contribution in [2.24, 2.45) is 0 Å². The molecule has 0 unspecified atom stereocenters. The number of hydrogen-bond acceptors (Lipinski definition) is 8. The summed E-state index contributed by atoms with van der Waals surface area (Å²) in [5, 5.41) is 8.81. The fourth-order valence-electron chi connectivity index (χ4n) is 4.56. The Morgan fingerprint density at radius 1 is 1.00 bits per heavy atom. The SMILES string of the molecule is COc1ccccc1NCC1=CC(C)(C)Nc2ccc(-c3ccc(OC(=O)c4cscn4)cc3OC)cc21. The second-order valence-corrected chi connectivity index (χ2v) is 10.2. The van der Waals surface area contributed by atoms with E-state index >= 15 is 0 Å². The molecule has 1 aliphatic heterocycles. The van der Waals surface area contributed by atoms with Crippen LogP contribution in [-0.4, -0.2) is 37.3 Å². The highest BCUT2D eigenvalue weighted by molar-refractivity contribution is 7.07. The smallest absolute Gasteiger partial charge is 0.363 e. The molecule has 0 bridgehead atoms. The number of methoxy groups -OCH3 is 2. The van der Waals surface area contributed by atoms with E-state index in [1.165, 1.54) is 16.9 Å². The summed E-state index contributed by atoms with van der Waals surface area (Å²) in [5.74, 6) is 1.30. The van der Waals surface area contributed by atoms with Crippen molar-refractivity contribution >= 4 is 34.3 Å². The van der Waals surface area contributed by atoms with Crippen LogP contribution in [-0.2, 0) is 0 Å². The van der Waals surface area contributed by atoms with Gasteiger partial charge in [0.15, 0.2) is 5.69 Å². The van der Waals surface area contributed by atoms with Crippen LogP contribution in [0.2, 0.25) is 0 Å². The third kappa shape index (κ3) is 5.35. The van der Waals surface area contributed by atoms with Gasteiger partial charge in [0.25, 0.3) is 0 Å². The van der Waals surface area contributed by atoms with Crippen LogP contribution in [0, 0.1) is 0 Å². The lowest BCUT2D eigenvalue weighted by molar-refractivity contribution is 0.0729. The predicted molar refractivity (Wildman–Crippen MR) is 153 cm³/mol. The molecule has 1 aliphatic rings. The summed E-state index contributed by atoms with van der Waals surface area (Å²) >= 11 is 1.34. The van der Waals surface area contributed by atoms with Crippen molar-refractivity contribution in [1.82, 2.24) is 4.98 Å². The van der Waals surface area contributed by atoms with Crippen LogP contribution in [0.5, 0.6) is 17.2 Å². The lowest BCUT2D eigenvalue weighted by Gasteiger charge is -2.33. The molecule has 0 saturated heterocycles. The topological polar surface area (TPSA) is 81.7 Å². The molecule has 7 nitrogen and oxygen atoms in total. The number of benzene rings is 3. The van der Waals surface area contributed by atoms with E-state index in [1.54, 1.807) is 37.2 Å². The molecule has 194 valence electrons. The second kappa shape index (κ2) is 10.6. The number of carbonyl (C=O) groups excluding carboxylic acids is 1. The zero-order valence-corrected chi connectivity index (χ0v) is 22.5. The Morgan fingerprint density at radius 3 is 2.58 bits per heavy atom. The summed E-state index contributed by atoms with van der Waals surface area (Å²) in [6.45, 7) is 4.94. The van der Waals surface area contributed by atoms with Gasteiger partial charge in [0.05, 0.1) is 31.0 Å². The quantitative estimate of drug-likeness (QED) is 0.194. The highest BCUT2D eigenvalue weighted by Gasteiger charge is 2.25. The Kier molecular flexibility index (Phi) is 7.07. The minimum Gasteiger partial charge on any atom is -0.496 e. The maximum Gasteiger partial charge on any atom is 0.363 e. The van der Waals surface area contributed by atoms with Crippen molar-refractivity contribution in [2.75, 3.05) is 31.4 Å². The zero-order valence-electron chi connectivity index (χ0n) is 21.7. The van der Waals surface area contributed by atoms with Crippen molar-refractivity contribution < 1.29 is 19.0 Å². The number of fused-ring (bicyclic) bond motifs is 1. The molecule has 0 spiro atoms. The monoisotopic (exact) mass is 527 g/mol. The fraction of sp³-hybridized carbons (Fsp3) is 0.200. The Labute approximate surface area is 226 Å². The third-order valence-electron chi connectivity index (χ3n) is 6.27. The third-order valence-corrected chi connectivity index (χ3v) is 6.86. The van der Waals surface area contributed by atoms with E-state index in [1.807, 2.05) is 30.3 Å². The number of nitrogens with zero attached hydrogens (tertiary/aromatic N) is 1. The van der Waals surface area contributed by atoms with Crippen molar-refractivity contribution in [3.63, 3.8) is 0 Å². The first kappa shape index (κ1) is 25.4. The highest BCUT2D eigenvalue weighted by atomic mass is 32.1. The van der Waals surface area contributed by atoms with Gasteiger partial charge in [-0.05, 0) is 61.4 Å². The number of esters is 1. The molecule has 0 amide bonds. The average Bonchev–Trinajstić information content (AvgIpc) is 3.46. The van der Waals surface area contributed by atoms with Gasteiger partial charge in [-0.25, -0.2) is 9.78 Å². The largest absolute Gasteiger partial charge is 0.496 e. The molecule has 0 radical (unpaired) electrons. The van der Waals surface area contributed by atoms with E-state index in [9.17, 15) is 4.79 Å². The Bertz CT molecular complexity index is 1500. The molecule has 2 heterocycles. The van der Waals surface area contributed by atoms with Gasteiger partial charge in [0.2, 0.25) is 0 Å². The van der Waals surface area contributed by atoms with Gasteiger partial charge in [0.1, 0.15) is 17.2 Å². The molecule has 0 fully saturated rings. The maximum atomic E-state index is 12.3. The number of ether oxygens (including phenoxy) is 3. The second-order valence-electron chi connectivity index (χ2n) is 9.46.